The predicted octanol–water partition coefficient (Wildman–Crippen LogP) is 2.96. The Morgan fingerprint density at radius 1 is 1.38 bits per heavy atom. The summed E-state index contributed by atoms with van der Waals surface area (Å²) in [7, 11) is 0. The number of esters is 1. The van der Waals surface area contributed by atoms with E-state index in [2.05, 4.69) is 10.4 Å². The van der Waals surface area contributed by atoms with Crippen LogP contribution < -0.4 is 5.32 Å². The van der Waals surface area contributed by atoms with E-state index in [4.69, 9.17) is 9.72 Å². The van der Waals surface area contributed by atoms with Crippen molar-refractivity contribution in [1.82, 2.24) is 20.1 Å². The van der Waals surface area contributed by atoms with Gasteiger partial charge in [0.15, 0.2) is 5.65 Å². The first kappa shape index (κ1) is 18.4. The number of carbonyl (C=O) groups is 2. The highest BCUT2D eigenvalue weighted by Gasteiger charge is 2.28. The van der Waals surface area contributed by atoms with Gasteiger partial charge in [-0.3, -0.25) is 9.59 Å². The van der Waals surface area contributed by atoms with E-state index in [1.165, 1.54) is 0 Å². The van der Waals surface area contributed by atoms with Crippen molar-refractivity contribution in [3.63, 3.8) is 0 Å². The molecule has 2 heterocycles. The number of amides is 1. The van der Waals surface area contributed by atoms with Gasteiger partial charge in [0.05, 0.1) is 23.8 Å². The van der Waals surface area contributed by atoms with E-state index in [0.717, 1.165) is 29.6 Å². The number of hydrogen-bond donors (Lipinski definition) is 1. The molecule has 0 saturated heterocycles. The van der Waals surface area contributed by atoms with Crippen LogP contribution in [0.25, 0.3) is 11.0 Å². The van der Waals surface area contributed by atoms with Crippen LogP contribution in [0.2, 0.25) is 0 Å². The van der Waals surface area contributed by atoms with Crippen LogP contribution >= 0.6 is 0 Å². The van der Waals surface area contributed by atoms with E-state index in [0.29, 0.717) is 37.5 Å². The first-order valence-electron chi connectivity index (χ1n) is 9.33. The average molecular weight is 358 g/mol. The van der Waals surface area contributed by atoms with Crippen LogP contribution in [0, 0.1) is 0 Å². The largest absolute Gasteiger partial charge is 0.466 e. The lowest BCUT2D eigenvalue weighted by atomic mass is 10.1. The van der Waals surface area contributed by atoms with Crippen LogP contribution in [0.15, 0.2) is 12.3 Å². The minimum absolute atomic E-state index is 0.147. The Labute approximate surface area is 153 Å². The van der Waals surface area contributed by atoms with Crippen LogP contribution in [-0.2, 0) is 9.53 Å². The summed E-state index contributed by atoms with van der Waals surface area (Å²) in [5.74, 6) is 0.0685. The zero-order valence-corrected chi connectivity index (χ0v) is 15.6. The number of carbonyl (C=O) groups excluding carboxylic acids is 2. The molecule has 2 aromatic rings. The molecule has 26 heavy (non-hydrogen) atoms. The molecule has 1 aliphatic carbocycles. The molecule has 0 radical (unpaired) electrons. The fourth-order valence-electron chi connectivity index (χ4n) is 2.95. The SMILES string of the molecule is CCOC(=O)CCCNC(=O)c1cc(C2CC2)nc2c1cnn2C(C)C. The van der Waals surface area contributed by atoms with Crippen molar-refractivity contribution < 1.29 is 14.3 Å². The van der Waals surface area contributed by atoms with Gasteiger partial charge in [-0.15, -0.1) is 0 Å². The van der Waals surface area contributed by atoms with Gasteiger partial charge in [-0.05, 0) is 46.1 Å². The number of fused-ring (bicyclic) bond motifs is 1. The zero-order chi connectivity index (χ0) is 18.7. The number of aromatic nitrogens is 3. The summed E-state index contributed by atoms with van der Waals surface area (Å²) in [5.41, 5.74) is 2.34. The Balaban J connectivity index is 1.75. The molecular formula is C19H26N4O3. The van der Waals surface area contributed by atoms with E-state index in [1.807, 2.05) is 24.6 Å². The Morgan fingerprint density at radius 2 is 2.15 bits per heavy atom. The van der Waals surface area contributed by atoms with E-state index >= 15 is 0 Å². The maximum atomic E-state index is 12.7. The third kappa shape index (κ3) is 4.03. The van der Waals surface area contributed by atoms with Crippen LogP contribution in [0.4, 0.5) is 0 Å². The number of nitrogens with zero attached hydrogens (tertiary/aromatic N) is 3. The van der Waals surface area contributed by atoms with Gasteiger partial charge in [-0.25, -0.2) is 9.67 Å². The molecule has 0 bridgehead atoms. The van der Waals surface area contributed by atoms with Gasteiger partial charge in [0.2, 0.25) is 0 Å². The second-order valence-corrected chi connectivity index (χ2v) is 6.95. The van der Waals surface area contributed by atoms with Gasteiger partial charge in [-0.1, -0.05) is 0 Å². The summed E-state index contributed by atoms with van der Waals surface area (Å²) in [5, 5.41) is 8.08. The zero-order valence-electron chi connectivity index (χ0n) is 15.6. The molecule has 0 aromatic carbocycles. The molecular weight excluding hydrogens is 332 g/mol. The minimum atomic E-state index is -0.234. The van der Waals surface area contributed by atoms with Crippen molar-refractivity contribution in [2.45, 2.75) is 58.4 Å². The van der Waals surface area contributed by atoms with Gasteiger partial charge >= 0.3 is 5.97 Å². The van der Waals surface area contributed by atoms with E-state index in [1.54, 1.807) is 13.1 Å². The Hall–Kier alpha value is -2.44. The molecule has 3 rings (SSSR count). The average Bonchev–Trinajstić information content (AvgIpc) is 3.36. The Bertz CT molecular complexity index is 808. The number of rotatable bonds is 8. The van der Waals surface area contributed by atoms with Crippen LogP contribution in [0.3, 0.4) is 0 Å². The van der Waals surface area contributed by atoms with Gasteiger partial charge in [0.25, 0.3) is 5.91 Å². The first-order chi connectivity index (χ1) is 12.5. The quantitative estimate of drug-likeness (QED) is 0.579. The van der Waals surface area contributed by atoms with Crippen molar-refractivity contribution in [3.8, 4) is 0 Å². The molecule has 1 aliphatic rings. The highest BCUT2D eigenvalue weighted by Crippen LogP contribution is 2.40. The smallest absolute Gasteiger partial charge is 0.305 e. The topological polar surface area (TPSA) is 86.1 Å². The molecule has 7 nitrogen and oxygen atoms in total. The maximum absolute atomic E-state index is 12.7. The Kier molecular flexibility index (Phi) is 5.54. The molecule has 0 spiro atoms. The highest BCUT2D eigenvalue weighted by molar-refractivity contribution is 6.05. The summed E-state index contributed by atoms with van der Waals surface area (Å²) in [6, 6.07) is 2.07. The van der Waals surface area contributed by atoms with Crippen molar-refractivity contribution in [3.05, 3.63) is 23.5 Å². The van der Waals surface area contributed by atoms with Gasteiger partial charge in [0.1, 0.15) is 0 Å². The second kappa shape index (κ2) is 7.85. The van der Waals surface area contributed by atoms with Crippen LogP contribution in [0.1, 0.15) is 74.5 Å². The van der Waals surface area contributed by atoms with Crippen LogP contribution in [-0.4, -0.2) is 39.8 Å². The van der Waals surface area contributed by atoms with E-state index in [-0.39, 0.29) is 17.9 Å². The van der Waals surface area contributed by atoms with E-state index in [9.17, 15) is 9.59 Å². The van der Waals surface area contributed by atoms with Crippen molar-refractivity contribution in [2.24, 2.45) is 0 Å². The molecule has 0 aliphatic heterocycles. The summed E-state index contributed by atoms with van der Waals surface area (Å²) in [4.78, 5) is 28.8. The highest BCUT2D eigenvalue weighted by atomic mass is 16.5. The summed E-state index contributed by atoms with van der Waals surface area (Å²) in [6.45, 7) is 6.69. The molecule has 2 aromatic heterocycles. The lowest BCUT2D eigenvalue weighted by molar-refractivity contribution is -0.143. The molecule has 0 atom stereocenters. The van der Waals surface area contributed by atoms with Crippen molar-refractivity contribution in [1.29, 1.82) is 0 Å². The minimum Gasteiger partial charge on any atom is -0.466 e. The number of pyridine rings is 1. The lowest BCUT2D eigenvalue weighted by Gasteiger charge is -2.10. The summed E-state index contributed by atoms with van der Waals surface area (Å²) in [6.07, 6.45) is 4.81. The molecule has 1 saturated carbocycles. The maximum Gasteiger partial charge on any atom is 0.305 e. The number of hydrogen-bond acceptors (Lipinski definition) is 5. The van der Waals surface area contributed by atoms with Crippen LogP contribution in [0.5, 0.6) is 0 Å². The Morgan fingerprint density at radius 3 is 2.81 bits per heavy atom. The van der Waals surface area contributed by atoms with Gasteiger partial charge < -0.3 is 10.1 Å². The number of ether oxygens (including phenoxy) is 1. The summed E-state index contributed by atoms with van der Waals surface area (Å²) >= 11 is 0. The molecule has 1 N–H and O–H groups in total. The standard InChI is InChI=1S/C19H26N4O3/c1-4-26-17(24)6-5-9-20-19(25)14-10-16(13-7-8-13)22-18-15(14)11-21-23(18)12(2)3/h10-13H,4-9H2,1-3H3,(H,20,25). The van der Waals surface area contributed by atoms with Gasteiger partial charge in [0, 0.05) is 30.6 Å². The van der Waals surface area contributed by atoms with E-state index < -0.39 is 0 Å². The van der Waals surface area contributed by atoms with Crippen molar-refractivity contribution >= 4 is 22.9 Å². The fourth-order valence-corrected chi connectivity index (χ4v) is 2.95. The fraction of sp³-hybridized carbons (Fsp3) is 0.579. The molecule has 140 valence electrons. The first-order valence-corrected chi connectivity index (χ1v) is 9.33. The normalized spacial score (nSPS) is 14.0. The lowest BCUT2D eigenvalue weighted by Crippen LogP contribution is -2.25. The molecule has 7 heteroatoms. The van der Waals surface area contributed by atoms with Gasteiger partial charge in [-0.2, -0.15) is 5.10 Å². The molecule has 1 amide bonds. The number of nitrogens with one attached hydrogen (secondary N) is 1. The molecule has 0 unspecified atom stereocenters. The molecule has 1 fully saturated rings. The third-order valence-electron chi connectivity index (χ3n) is 4.46. The second-order valence-electron chi connectivity index (χ2n) is 6.95. The third-order valence-corrected chi connectivity index (χ3v) is 4.46. The predicted molar refractivity (Wildman–Crippen MR) is 98.1 cm³/mol. The monoisotopic (exact) mass is 358 g/mol. The summed E-state index contributed by atoms with van der Waals surface area (Å²) < 4.78 is 6.75. The van der Waals surface area contributed by atoms with Crippen molar-refractivity contribution in [2.75, 3.05) is 13.2 Å².